The molecular weight excluding hydrogens is 739 g/mol. The molecule has 3 heteroatoms. The number of hydrogen-bond donors (Lipinski definition) is 0. The number of rotatable bonds is 6. The second-order valence-electron chi connectivity index (χ2n) is 15.7. The van der Waals surface area contributed by atoms with Gasteiger partial charge in [-0.3, -0.25) is 0 Å². The normalized spacial score (nSPS) is 12.2. The highest BCUT2D eigenvalue weighted by molar-refractivity contribution is 6.18. The van der Waals surface area contributed by atoms with Crippen LogP contribution in [0.15, 0.2) is 237 Å². The molecule has 12 rings (SSSR count). The second-order valence-corrected chi connectivity index (χ2v) is 15.7. The van der Waals surface area contributed by atoms with Crippen molar-refractivity contribution in [1.82, 2.24) is 0 Å². The first kappa shape index (κ1) is 34.9. The topological polar surface area (TPSA) is 9.72 Å². The minimum absolute atomic E-state index is 1.10. The number of fused-ring (bicyclic) bond motifs is 8. The largest absolute Gasteiger partial charge is 0.309 e. The van der Waals surface area contributed by atoms with Gasteiger partial charge in [-0.05, 0) is 116 Å². The van der Waals surface area contributed by atoms with Gasteiger partial charge in [0.1, 0.15) is 0 Å². The van der Waals surface area contributed by atoms with Gasteiger partial charge in [0.05, 0.1) is 34.1 Å². The van der Waals surface area contributed by atoms with E-state index in [1.807, 2.05) is 0 Å². The zero-order valence-electron chi connectivity index (χ0n) is 33.4. The summed E-state index contributed by atoms with van der Waals surface area (Å²) in [5.41, 5.74) is 12.5. The van der Waals surface area contributed by atoms with Crippen LogP contribution >= 0.6 is 0 Å². The Labute approximate surface area is 355 Å². The lowest BCUT2D eigenvalue weighted by Crippen LogP contribution is -2.23. The first-order valence-electron chi connectivity index (χ1n) is 20.9. The van der Waals surface area contributed by atoms with Gasteiger partial charge in [0.2, 0.25) is 0 Å². The molecule has 1 heterocycles. The van der Waals surface area contributed by atoms with Crippen LogP contribution in [0.3, 0.4) is 0 Å². The summed E-state index contributed by atoms with van der Waals surface area (Å²) in [7, 11) is 0. The molecule has 0 unspecified atom stereocenters. The fourth-order valence-electron chi connectivity index (χ4n) is 9.55. The molecule has 0 bridgehead atoms. The van der Waals surface area contributed by atoms with E-state index in [-0.39, 0.29) is 0 Å². The first-order valence-corrected chi connectivity index (χ1v) is 20.9. The van der Waals surface area contributed by atoms with Gasteiger partial charge in [0.15, 0.2) is 0 Å². The average molecular weight is 778 g/mol. The third-order valence-corrected chi connectivity index (χ3v) is 12.3. The van der Waals surface area contributed by atoms with Crippen molar-refractivity contribution >= 4 is 94.3 Å². The second kappa shape index (κ2) is 14.3. The quantitative estimate of drug-likeness (QED) is 0.156. The Morgan fingerprint density at radius 2 is 0.672 bits per heavy atom. The summed E-state index contributed by atoms with van der Waals surface area (Å²) in [5.74, 6) is 0. The van der Waals surface area contributed by atoms with E-state index in [9.17, 15) is 0 Å². The van der Waals surface area contributed by atoms with E-state index < -0.39 is 0 Å². The predicted molar refractivity (Wildman–Crippen MR) is 260 cm³/mol. The molecule has 0 fully saturated rings. The molecular formula is C58H39N3. The van der Waals surface area contributed by atoms with Crippen LogP contribution in [0, 0.1) is 0 Å². The van der Waals surface area contributed by atoms with Crippen molar-refractivity contribution < 1.29 is 0 Å². The summed E-state index contributed by atoms with van der Waals surface area (Å²) in [6.07, 6.45) is 0. The summed E-state index contributed by atoms with van der Waals surface area (Å²) in [5, 5.41) is 9.85. The Kier molecular flexibility index (Phi) is 8.17. The molecule has 0 amide bonds. The smallest absolute Gasteiger partial charge is 0.0703 e. The van der Waals surface area contributed by atoms with Gasteiger partial charge >= 0.3 is 0 Å². The highest BCUT2D eigenvalue weighted by Crippen LogP contribution is 2.54. The maximum atomic E-state index is 2.48. The molecule has 61 heavy (non-hydrogen) atoms. The molecule has 0 spiro atoms. The van der Waals surface area contributed by atoms with E-state index in [0.717, 1.165) is 62.3 Å². The third kappa shape index (κ3) is 5.74. The Morgan fingerprint density at radius 1 is 0.262 bits per heavy atom. The van der Waals surface area contributed by atoms with Crippen LogP contribution in [0.25, 0.3) is 54.2 Å². The number of nitrogens with zero attached hydrogens (tertiary/aromatic N) is 3. The van der Waals surface area contributed by atoms with Crippen molar-refractivity contribution in [3.05, 3.63) is 237 Å². The number of anilines is 9. The molecule has 0 saturated heterocycles. The Morgan fingerprint density at radius 3 is 1.20 bits per heavy atom. The van der Waals surface area contributed by atoms with Crippen LogP contribution in [-0.4, -0.2) is 0 Å². The van der Waals surface area contributed by atoms with Gasteiger partial charge in [-0.1, -0.05) is 164 Å². The van der Waals surface area contributed by atoms with E-state index in [2.05, 4.69) is 251 Å². The molecule has 0 saturated carbocycles. The average Bonchev–Trinajstić information content (AvgIpc) is 3.34. The molecule has 0 aromatic heterocycles. The lowest BCUT2D eigenvalue weighted by atomic mass is 9.96. The van der Waals surface area contributed by atoms with Crippen LogP contribution in [-0.2, 0) is 0 Å². The lowest BCUT2D eigenvalue weighted by molar-refractivity contribution is 1.17. The number of para-hydroxylation sites is 5. The third-order valence-electron chi connectivity index (χ3n) is 12.3. The minimum atomic E-state index is 1.10. The Bertz CT molecular complexity index is 3280. The minimum Gasteiger partial charge on any atom is -0.309 e. The molecule has 0 aliphatic carbocycles. The van der Waals surface area contributed by atoms with Gasteiger partial charge in [0.25, 0.3) is 0 Å². The van der Waals surface area contributed by atoms with E-state index in [0.29, 0.717) is 0 Å². The molecule has 0 N–H and O–H groups in total. The number of hydrogen-bond acceptors (Lipinski definition) is 3. The maximum absolute atomic E-state index is 2.48. The van der Waals surface area contributed by atoms with Gasteiger partial charge < -0.3 is 14.7 Å². The molecule has 286 valence electrons. The van der Waals surface area contributed by atoms with Crippen molar-refractivity contribution in [3.8, 4) is 11.1 Å². The summed E-state index contributed by atoms with van der Waals surface area (Å²) >= 11 is 0. The number of benzene rings is 11. The Hall–Kier alpha value is -8.14. The van der Waals surface area contributed by atoms with Crippen molar-refractivity contribution in [2.75, 3.05) is 14.7 Å². The highest BCUT2D eigenvalue weighted by atomic mass is 15.3. The van der Waals surface area contributed by atoms with Gasteiger partial charge in [-0.15, -0.1) is 0 Å². The molecule has 0 atom stereocenters. The van der Waals surface area contributed by atoms with Crippen molar-refractivity contribution in [2.45, 2.75) is 0 Å². The molecule has 0 radical (unpaired) electrons. The lowest BCUT2D eigenvalue weighted by Gasteiger charge is -2.40. The summed E-state index contributed by atoms with van der Waals surface area (Å²) in [6, 6.07) is 86.1. The van der Waals surface area contributed by atoms with E-state index >= 15 is 0 Å². The Balaban J connectivity index is 1.01. The molecule has 1 aliphatic heterocycles. The van der Waals surface area contributed by atoms with E-state index in [1.54, 1.807) is 0 Å². The van der Waals surface area contributed by atoms with Crippen molar-refractivity contribution in [1.29, 1.82) is 0 Å². The summed E-state index contributed by atoms with van der Waals surface area (Å²) in [4.78, 5) is 7.25. The molecule has 3 nitrogen and oxygen atoms in total. The van der Waals surface area contributed by atoms with Gasteiger partial charge in [-0.25, -0.2) is 0 Å². The van der Waals surface area contributed by atoms with Crippen LogP contribution < -0.4 is 14.7 Å². The van der Waals surface area contributed by atoms with Gasteiger partial charge in [-0.2, -0.15) is 0 Å². The monoisotopic (exact) mass is 777 g/mol. The molecule has 1 aliphatic rings. The van der Waals surface area contributed by atoms with Crippen LogP contribution in [0.2, 0.25) is 0 Å². The zero-order valence-corrected chi connectivity index (χ0v) is 33.4. The van der Waals surface area contributed by atoms with Crippen molar-refractivity contribution in [2.24, 2.45) is 0 Å². The van der Waals surface area contributed by atoms with Crippen LogP contribution in [0.4, 0.5) is 51.2 Å². The van der Waals surface area contributed by atoms with Gasteiger partial charge in [0, 0.05) is 27.8 Å². The van der Waals surface area contributed by atoms with E-state index in [4.69, 9.17) is 0 Å². The highest BCUT2D eigenvalue weighted by Gasteiger charge is 2.30. The molecule has 11 aromatic carbocycles. The SMILES string of the molecule is c1ccc(N2c3ccccc3N(c3cccc(-c4ccc(N(c5cc6ccccc6c6ccccc56)c5cc6ccccc6c6ccccc56)cc4)c3)c3ccccc32)cc1. The summed E-state index contributed by atoms with van der Waals surface area (Å²) < 4.78 is 0. The fraction of sp³-hybridized carbons (Fsp3) is 0. The van der Waals surface area contributed by atoms with Crippen LogP contribution in [0.1, 0.15) is 0 Å². The van der Waals surface area contributed by atoms with E-state index in [1.165, 1.54) is 43.1 Å². The standard InChI is InChI=1S/C58H39N3/c1-2-20-44(21-3-1)59-53-29-12-14-31-55(53)61(56-32-15-13-30-54(56)59)46-22-16-19-41(37-46)40-33-35-45(36-34-40)60(57-38-42-17-4-6-23-47(42)49-25-8-10-27-51(49)57)58-39-43-18-5-7-24-48(43)50-26-9-11-28-52(50)58/h1-39H. The summed E-state index contributed by atoms with van der Waals surface area (Å²) in [6.45, 7) is 0. The fourth-order valence-corrected chi connectivity index (χ4v) is 9.55. The molecule has 11 aromatic rings. The maximum Gasteiger partial charge on any atom is 0.0703 e. The predicted octanol–water partition coefficient (Wildman–Crippen LogP) is 16.7. The van der Waals surface area contributed by atoms with Crippen LogP contribution in [0.5, 0.6) is 0 Å². The zero-order chi connectivity index (χ0) is 40.3. The first-order chi connectivity index (χ1) is 30.3. The van der Waals surface area contributed by atoms with Crippen molar-refractivity contribution in [3.63, 3.8) is 0 Å².